The second-order valence-corrected chi connectivity index (χ2v) is 6.78. The van der Waals surface area contributed by atoms with Crippen molar-refractivity contribution < 1.29 is 4.79 Å². The maximum atomic E-state index is 12.1. The molecular weight excluding hydrogens is 320 g/mol. The molecule has 4 heteroatoms. The van der Waals surface area contributed by atoms with Crippen molar-refractivity contribution in [2.24, 2.45) is 0 Å². The monoisotopic (exact) mass is 342 g/mol. The number of hydrogen-bond donors (Lipinski definition) is 2. The molecule has 1 unspecified atom stereocenters. The highest BCUT2D eigenvalue weighted by atomic mass is 35.5. The summed E-state index contributed by atoms with van der Waals surface area (Å²) in [6, 6.07) is 15.9. The number of benzene rings is 2. The number of amides is 1. The summed E-state index contributed by atoms with van der Waals surface area (Å²) in [5, 5.41) is 7.13. The second kappa shape index (κ2) is 8.32. The lowest BCUT2D eigenvalue weighted by atomic mass is 9.92. The highest BCUT2D eigenvalue weighted by molar-refractivity contribution is 6.30. The number of carbonyl (C=O) groups excluding carboxylic acids is 1. The Balaban J connectivity index is 1.49. The Hall–Kier alpha value is -1.84. The van der Waals surface area contributed by atoms with Crippen LogP contribution >= 0.6 is 11.6 Å². The van der Waals surface area contributed by atoms with Crippen molar-refractivity contribution in [3.05, 3.63) is 64.7 Å². The zero-order chi connectivity index (χ0) is 16.8. The van der Waals surface area contributed by atoms with Gasteiger partial charge in [-0.3, -0.25) is 4.79 Å². The molecule has 3 nitrogen and oxygen atoms in total. The smallest absolute Gasteiger partial charge is 0.224 e. The predicted molar refractivity (Wildman–Crippen MR) is 99.7 cm³/mol. The van der Waals surface area contributed by atoms with Crippen LogP contribution in [0.5, 0.6) is 0 Å². The summed E-state index contributed by atoms with van der Waals surface area (Å²) >= 11 is 5.87. The first-order valence-corrected chi connectivity index (χ1v) is 8.93. The summed E-state index contributed by atoms with van der Waals surface area (Å²) in [7, 11) is 0. The first-order valence-electron chi connectivity index (χ1n) is 8.56. The molecule has 0 bridgehead atoms. The van der Waals surface area contributed by atoms with Gasteiger partial charge in [-0.15, -0.1) is 0 Å². The lowest BCUT2D eigenvalue weighted by Gasteiger charge is -2.23. The number of rotatable bonds is 5. The van der Waals surface area contributed by atoms with Crippen LogP contribution in [0, 0.1) is 0 Å². The number of halogens is 1. The van der Waals surface area contributed by atoms with E-state index in [-0.39, 0.29) is 5.91 Å². The molecule has 0 saturated carbocycles. The van der Waals surface area contributed by atoms with Crippen molar-refractivity contribution >= 4 is 23.2 Å². The van der Waals surface area contributed by atoms with Gasteiger partial charge in [0.15, 0.2) is 0 Å². The normalized spacial score (nSPS) is 17.5. The molecule has 1 fully saturated rings. The van der Waals surface area contributed by atoms with Crippen molar-refractivity contribution in [2.45, 2.75) is 31.6 Å². The summed E-state index contributed by atoms with van der Waals surface area (Å²) in [6.45, 7) is 2.17. The molecule has 2 N–H and O–H groups in total. The van der Waals surface area contributed by atoms with Gasteiger partial charge in [-0.2, -0.15) is 0 Å². The zero-order valence-corrected chi connectivity index (χ0v) is 14.5. The molecule has 126 valence electrons. The molecule has 2 aromatic carbocycles. The average Bonchev–Trinajstić information content (AvgIpc) is 2.63. The molecule has 1 heterocycles. The van der Waals surface area contributed by atoms with Crippen LogP contribution in [0.25, 0.3) is 0 Å². The van der Waals surface area contributed by atoms with E-state index < -0.39 is 0 Å². The molecule has 1 amide bonds. The predicted octanol–water partition coefficient (Wildman–Crippen LogP) is 4.38. The molecule has 0 aromatic heterocycles. The first-order chi connectivity index (χ1) is 11.7. The Morgan fingerprint density at radius 2 is 1.88 bits per heavy atom. The van der Waals surface area contributed by atoms with E-state index in [1.807, 2.05) is 36.4 Å². The first kappa shape index (κ1) is 17.0. The molecule has 3 rings (SSSR count). The van der Waals surface area contributed by atoms with E-state index in [4.69, 9.17) is 11.6 Å². The fourth-order valence-corrected chi connectivity index (χ4v) is 3.23. The van der Waals surface area contributed by atoms with E-state index in [9.17, 15) is 4.79 Å². The lowest BCUT2D eigenvalue weighted by Crippen LogP contribution is -2.28. The van der Waals surface area contributed by atoms with Crippen molar-refractivity contribution in [2.75, 3.05) is 18.4 Å². The number of nitrogens with one attached hydrogen (secondary N) is 2. The van der Waals surface area contributed by atoms with Crippen molar-refractivity contribution in [1.82, 2.24) is 5.32 Å². The Morgan fingerprint density at radius 3 is 2.54 bits per heavy atom. The molecule has 1 atom stereocenters. The van der Waals surface area contributed by atoms with Crippen LogP contribution in [0.15, 0.2) is 48.5 Å². The molecule has 1 aliphatic heterocycles. The van der Waals surface area contributed by atoms with Gasteiger partial charge in [0, 0.05) is 23.7 Å². The van der Waals surface area contributed by atoms with Gasteiger partial charge in [0.2, 0.25) is 5.91 Å². The SMILES string of the molecule is O=C(CCc1ccc(Cl)cc1)Nc1ccc(C2CCCNC2)cc1. The summed E-state index contributed by atoms with van der Waals surface area (Å²) in [4.78, 5) is 12.1. The van der Waals surface area contributed by atoms with Gasteiger partial charge in [0.25, 0.3) is 0 Å². The molecule has 24 heavy (non-hydrogen) atoms. The van der Waals surface area contributed by atoms with Gasteiger partial charge in [0.05, 0.1) is 0 Å². The Bertz CT molecular complexity index is 661. The van der Waals surface area contributed by atoms with Crippen LogP contribution in [0.4, 0.5) is 5.69 Å². The number of aryl methyl sites for hydroxylation is 1. The maximum Gasteiger partial charge on any atom is 0.224 e. The topological polar surface area (TPSA) is 41.1 Å². The van der Waals surface area contributed by atoms with Crippen LogP contribution in [-0.2, 0) is 11.2 Å². The molecule has 0 radical (unpaired) electrons. The van der Waals surface area contributed by atoms with Gasteiger partial charge in [-0.1, -0.05) is 35.9 Å². The fourth-order valence-electron chi connectivity index (χ4n) is 3.11. The Morgan fingerprint density at radius 1 is 1.12 bits per heavy atom. The van der Waals surface area contributed by atoms with Gasteiger partial charge >= 0.3 is 0 Å². The third-order valence-electron chi connectivity index (χ3n) is 4.52. The van der Waals surface area contributed by atoms with Crippen molar-refractivity contribution in [1.29, 1.82) is 0 Å². The lowest BCUT2D eigenvalue weighted by molar-refractivity contribution is -0.116. The molecule has 1 saturated heterocycles. The van der Waals surface area contributed by atoms with E-state index in [0.717, 1.165) is 35.8 Å². The van der Waals surface area contributed by atoms with Crippen LogP contribution in [0.2, 0.25) is 5.02 Å². The van der Waals surface area contributed by atoms with Crippen LogP contribution in [0.1, 0.15) is 36.3 Å². The largest absolute Gasteiger partial charge is 0.326 e. The molecule has 0 aliphatic carbocycles. The average molecular weight is 343 g/mol. The van der Waals surface area contributed by atoms with E-state index in [0.29, 0.717) is 12.3 Å². The number of anilines is 1. The van der Waals surface area contributed by atoms with Gasteiger partial charge in [-0.05, 0) is 67.1 Å². The minimum absolute atomic E-state index is 0.0389. The van der Waals surface area contributed by atoms with E-state index in [1.165, 1.54) is 18.4 Å². The van der Waals surface area contributed by atoms with Crippen molar-refractivity contribution in [3.8, 4) is 0 Å². The Labute approximate surface area is 148 Å². The van der Waals surface area contributed by atoms with E-state index in [2.05, 4.69) is 22.8 Å². The quantitative estimate of drug-likeness (QED) is 0.846. The minimum Gasteiger partial charge on any atom is -0.326 e. The third kappa shape index (κ3) is 4.83. The highest BCUT2D eigenvalue weighted by Gasteiger charge is 2.14. The molecule has 2 aromatic rings. The molecule has 1 aliphatic rings. The van der Waals surface area contributed by atoms with Crippen LogP contribution < -0.4 is 10.6 Å². The second-order valence-electron chi connectivity index (χ2n) is 6.34. The fraction of sp³-hybridized carbons (Fsp3) is 0.350. The maximum absolute atomic E-state index is 12.1. The third-order valence-corrected chi connectivity index (χ3v) is 4.77. The zero-order valence-electron chi connectivity index (χ0n) is 13.7. The number of hydrogen-bond acceptors (Lipinski definition) is 2. The highest BCUT2D eigenvalue weighted by Crippen LogP contribution is 2.24. The Kier molecular flexibility index (Phi) is 5.89. The standard InChI is InChI=1S/C20H23ClN2O/c21-18-8-3-15(4-9-18)5-12-20(24)23-19-10-6-16(7-11-19)17-2-1-13-22-14-17/h3-4,6-11,17,22H,1-2,5,12-14H2,(H,23,24). The van der Waals surface area contributed by atoms with E-state index >= 15 is 0 Å². The molecule has 0 spiro atoms. The molecular formula is C20H23ClN2O. The van der Waals surface area contributed by atoms with Gasteiger partial charge in [0.1, 0.15) is 0 Å². The number of carbonyl (C=O) groups is 1. The van der Waals surface area contributed by atoms with Gasteiger partial charge in [-0.25, -0.2) is 0 Å². The van der Waals surface area contributed by atoms with Crippen molar-refractivity contribution in [3.63, 3.8) is 0 Å². The summed E-state index contributed by atoms with van der Waals surface area (Å²) < 4.78 is 0. The van der Waals surface area contributed by atoms with Crippen LogP contribution in [-0.4, -0.2) is 19.0 Å². The number of piperidine rings is 1. The van der Waals surface area contributed by atoms with Crippen LogP contribution in [0.3, 0.4) is 0 Å². The summed E-state index contributed by atoms with van der Waals surface area (Å²) in [5.74, 6) is 0.630. The minimum atomic E-state index is 0.0389. The summed E-state index contributed by atoms with van der Waals surface area (Å²) in [5.41, 5.74) is 3.33. The van der Waals surface area contributed by atoms with Gasteiger partial charge < -0.3 is 10.6 Å². The van der Waals surface area contributed by atoms with E-state index in [1.54, 1.807) is 0 Å². The summed E-state index contributed by atoms with van der Waals surface area (Å²) in [6.07, 6.45) is 3.65.